The highest BCUT2D eigenvalue weighted by atomic mass is 35.5. The zero-order chi connectivity index (χ0) is 23.3. The molecule has 0 bridgehead atoms. The Labute approximate surface area is 189 Å². The van der Waals surface area contributed by atoms with Crippen LogP contribution < -0.4 is 5.32 Å². The molecular formula is C19H20Cl2FN3O5S. The number of carbonyl (C=O) groups is 2. The van der Waals surface area contributed by atoms with Crippen LogP contribution in [-0.4, -0.2) is 48.8 Å². The molecule has 0 aliphatic heterocycles. The van der Waals surface area contributed by atoms with E-state index in [-0.39, 0.29) is 33.8 Å². The van der Waals surface area contributed by atoms with Gasteiger partial charge in [0, 0.05) is 19.3 Å². The lowest BCUT2D eigenvalue weighted by Crippen LogP contribution is -2.32. The summed E-state index contributed by atoms with van der Waals surface area (Å²) < 4.78 is 45.6. The van der Waals surface area contributed by atoms with Crippen molar-refractivity contribution in [1.82, 2.24) is 9.29 Å². The molecule has 1 heterocycles. The summed E-state index contributed by atoms with van der Waals surface area (Å²) in [6, 6.07) is 4.16. The number of hydrogen-bond acceptors (Lipinski definition) is 6. The van der Waals surface area contributed by atoms with Crippen LogP contribution in [-0.2, 0) is 19.6 Å². The average molecular weight is 492 g/mol. The number of nitrogens with one attached hydrogen (secondary N) is 1. The molecule has 0 saturated carbocycles. The molecule has 2 aromatic rings. The summed E-state index contributed by atoms with van der Waals surface area (Å²) in [5.41, 5.74) is -0.615. The van der Waals surface area contributed by atoms with E-state index in [2.05, 4.69) is 10.3 Å². The second-order valence-corrected chi connectivity index (χ2v) is 9.03. The van der Waals surface area contributed by atoms with Crippen molar-refractivity contribution >= 4 is 50.9 Å². The number of nitrogens with zero attached hydrogens (tertiary/aromatic N) is 2. The average Bonchev–Trinajstić information content (AvgIpc) is 2.70. The second kappa shape index (κ2) is 10.4. The van der Waals surface area contributed by atoms with Gasteiger partial charge in [0.05, 0.1) is 20.5 Å². The van der Waals surface area contributed by atoms with Gasteiger partial charge in [-0.3, -0.25) is 4.79 Å². The highest BCUT2D eigenvalue weighted by Crippen LogP contribution is 2.23. The Kier molecular flexibility index (Phi) is 8.35. The predicted molar refractivity (Wildman–Crippen MR) is 114 cm³/mol. The van der Waals surface area contributed by atoms with E-state index >= 15 is 0 Å². The highest BCUT2D eigenvalue weighted by molar-refractivity contribution is 7.89. The van der Waals surface area contributed by atoms with Crippen molar-refractivity contribution in [1.29, 1.82) is 0 Å². The van der Waals surface area contributed by atoms with Gasteiger partial charge in [-0.25, -0.2) is 22.6 Å². The summed E-state index contributed by atoms with van der Waals surface area (Å²) in [5.74, 6) is -2.97. The minimum atomic E-state index is -3.92. The maximum Gasteiger partial charge on any atom is 0.341 e. The molecule has 0 aliphatic carbocycles. The zero-order valence-corrected chi connectivity index (χ0v) is 19.2. The van der Waals surface area contributed by atoms with Crippen LogP contribution in [0.2, 0.25) is 10.0 Å². The first-order valence-electron chi connectivity index (χ1n) is 9.13. The first-order chi connectivity index (χ1) is 14.5. The number of rotatable bonds is 8. The number of sulfonamides is 1. The maximum atomic E-state index is 14.2. The van der Waals surface area contributed by atoms with Gasteiger partial charge >= 0.3 is 5.97 Å². The van der Waals surface area contributed by atoms with Crippen molar-refractivity contribution in [3.63, 3.8) is 0 Å². The number of halogens is 3. The van der Waals surface area contributed by atoms with Gasteiger partial charge in [0.25, 0.3) is 5.91 Å². The van der Waals surface area contributed by atoms with Crippen molar-refractivity contribution in [2.24, 2.45) is 0 Å². The standard InChI is InChI=1S/C19H20Cl2FN3O5S/c1-4-25(5-2)31(28,29)13-6-7-16(22)14(9-13)19(27)30-11(3)18(26)24-17-15(21)8-12(20)10-23-17/h6-11H,4-5H2,1-3H3,(H,23,24,26). The smallest absolute Gasteiger partial charge is 0.341 e. The summed E-state index contributed by atoms with van der Waals surface area (Å²) in [5, 5.41) is 2.69. The quantitative estimate of drug-likeness (QED) is 0.563. The third-order valence-electron chi connectivity index (χ3n) is 4.20. The van der Waals surface area contributed by atoms with E-state index in [1.165, 1.54) is 19.2 Å². The van der Waals surface area contributed by atoms with Crippen LogP contribution >= 0.6 is 23.2 Å². The Bertz CT molecular complexity index is 1090. The lowest BCUT2D eigenvalue weighted by molar-refractivity contribution is -0.123. The van der Waals surface area contributed by atoms with Crippen LogP contribution in [0, 0.1) is 5.82 Å². The molecule has 0 aliphatic rings. The van der Waals surface area contributed by atoms with Crippen LogP contribution in [0.5, 0.6) is 0 Å². The molecule has 12 heteroatoms. The number of hydrogen-bond donors (Lipinski definition) is 1. The molecule has 2 rings (SSSR count). The van der Waals surface area contributed by atoms with Gasteiger partial charge in [-0.1, -0.05) is 37.0 Å². The van der Waals surface area contributed by atoms with E-state index < -0.39 is 39.4 Å². The van der Waals surface area contributed by atoms with E-state index in [0.29, 0.717) is 0 Å². The second-order valence-electron chi connectivity index (χ2n) is 6.25. The third kappa shape index (κ3) is 5.91. The van der Waals surface area contributed by atoms with Gasteiger partial charge < -0.3 is 10.1 Å². The lowest BCUT2D eigenvalue weighted by Gasteiger charge is -2.19. The lowest BCUT2D eigenvalue weighted by atomic mass is 10.2. The van der Waals surface area contributed by atoms with Crippen molar-refractivity contribution in [3.8, 4) is 0 Å². The van der Waals surface area contributed by atoms with Crippen LogP contribution in [0.4, 0.5) is 10.2 Å². The third-order valence-corrected chi connectivity index (χ3v) is 6.74. The molecule has 1 atom stereocenters. The molecule has 8 nitrogen and oxygen atoms in total. The molecule has 1 aromatic heterocycles. The van der Waals surface area contributed by atoms with E-state index in [9.17, 15) is 22.4 Å². The summed E-state index contributed by atoms with van der Waals surface area (Å²) in [6.07, 6.45) is -0.0970. The van der Waals surface area contributed by atoms with Crippen LogP contribution in [0.1, 0.15) is 31.1 Å². The fraction of sp³-hybridized carbons (Fsp3) is 0.316. The number of amides is 1. The number of anilines is 1. The van der Waals surface area contributed by atoms with Crippen molar-refractivity contribution in [2.45, 2.75) is 31.8 Å². The van der Waals surface area contributed by atoms with E-state index in [1.54, 1.807) is 13.8 Å². The summed E-state index contributed by atoms with van der Waals surface area (Å²) in [7, 11) is -3.92. The molecule has 0 saturated heterocycles. The van der Waals surface area contributed by atoms with E-state index in [1.807, 2.05) is 0 Å². The van der Waals surface area contributed by atoms with Crippen molar-refractivity contribution in [2.75, 3.05) is 18.4 Å². The normalized spacial score (nSPS) is 12.5. The molecule has 1 N–H and O–H groups in total. The highest BCUT2D eigenvalue weighted by Gasteiger charge is 2.27. The molecule has 0 fully saturated rings. The van der Waals surface area contributed by atoms with Gasteiger partial charge in [-0.15, -0.1) is 0 Å². The topological polar surface area (TPSA) is 106 Å². The van der Waals surface area contributed by atoms with E-state index in [4.69, 9.17) is 27.9 Å². The summed E-state index contributed by atoms with van der Waals surface area (Å²) in [4.78, 5) is 28.3. The molecule has 1 aromatic carbocycles. The van der Waals surface area contributed by atoms with Crippen molar-refractivity contribution < 1.29 is 27.1 Å². The zero-order valence-electron chi connectivity index (χ0n) is 16.9. The van der Waals surface area contributed by atoms with Crippen LogP contribution in [0.3, 0.4) is 0 Å². The number of esters is 1. The van der Waals surface area contributed by atoms with Crippen LogP contribution in [0.15, 0.2) is 35.4 Å². The Balaban J connectivity index is 2.20. The fourth-order valence-corrected chi connectivity index (χ4v) is 4.45. The Morgan fingerprint density at radius 2 is 1.87 bits per heavy atom. The first-order valence-corrected chi connectivity index (χ1v) is 11.3. The van der Waals surface area contributed by atoms with Gasteiger partial charge in [-0.05, 0) is 31.2 Å². The Morgan fingerprint density at radius 3 is 2.45 bits per heavy atom. The Morgan fingerprint density at radius 1 is 1.23 bits per heavy atom. The molecule has 0 spiro atoms. The fourth-order valence-electron chi connectivity index (χ4n) is 2.54. The first kappa shape index (κ1) is 25.0. The minimum absolute atomic E-state index is 0.00235. The minimum Gasteiger partial charge on any atom is -0.449 e. The molecule has 1 unspecified atom stereocenters. The number of pyridine rings is 1. The number of aromatic nitrogens is 1. The summed E-state index contributed by atoms with van der Waals surface area (Å²) >= 11 is 11.7. The maximum absolute atomic E-state index is 14.2. The SMILES string of the molecule is CCN(CC)S(=O)(=O)c1ccc(F)c(C(=O)OC(C)C(=O)Nc2ncc(Cl)cc2Cl)c1. The number of carbonyl (C=O) groups excluding carboxylic acids is 2. The van der Waals surface area contributed by atoms with Gasteiger partial charge in [0.2, 0.25) is 10.0 Å². The molecule has 31 heavy (non-hydrogen) atoms. The predicted octanol–water partition coefficient (Wildman–Crippen LogP) is 3.74. The van der Waals surface area contributed by atoms with Crippen molar-refractivity contribution in [3.05, 3.63) is 51.9 Å². The molecular weight excluding hydrogens is 472 g/mol. The molecule has 0 radical (unpaired) electrons. The summed E-state index contributed by atoms with van der Waals surface area (Å²) in [6.45, 7) is 4.97. The van der Waals surface area contributed by atoms with Gasteiger partial charge in [0.15, 0.2) is 11.9 Å². The van der Waals surface area contributed by atoms with Gasteiger partial charge in [0.1, 0.15) is 5.82 Å². The number of benzene rings is 1. The number of ether oxygens (including phenoxy) is 1. The monoisotopic (exact) mass is 491 g/mol. The van der Waals surface area contributed by atoms with E-state index in [0.717, 1.165) is 22.5 Å². The largest absolute Gasteiger partial charge is 0.449 e. The Hall–Kier alpha value is -2.27. The molecule has 168 valence electrons. The van der Waals surface area contributed by atoms with Gasteiger partial charge in [-0.2, -0.15) is 4.31 Å². The molecule has 1 amide bonds. The van der Waals surface area contributed by atoms with Crippen LogP contribution in [0.25, 0.3) is 0 Å².